The normalized spacial score (nSPS) is 19.0. The molecular formula is C14H22N4O3. The van der Waals surface area contributed by atoms with Gasteiger partial charge in [-0.1, -0.05) is 6.92 Å². The molecule has 0 bridgehead atoms. The zero-order valence-corrected chi connectivity index (χ0v) is 12.7. The number of fused-ring (bicyclic) bond motifs is 1. The Bertz CT molecular complexity index is 528. The van der Waals surface area contributed by atoms with Gasteiger partial charge in [-0.3, -0.25) is 0 Å². The van der Waals surface area contributed by atoms with Crippen LogP contribution in [-0.4, -0.2) is 55.5 Å². The zero-order chi connectivity index (χ0) is 15.6. The maximum atomic E-state index is 12.7. The van der Waals surface area contributed by atoms with E-state index < -0.39 is 12.0 Å². The van der Waals surface area contributed by atoms with Crippen molar-refractivity contribution in [2.45, 2.75) is 52.2 Å². The van der Waals surface area contributed by atoms with Crippen molar-refractivity contribution in [3.8, 4) is 0 Å². The Morgan fingerprint density at radius 2 is 2.29 bits per heavy atom. The second-order valence-electron chi connectivity index (χ2n) is 5.34. The molecule has 116 valence electrons. The highest BCUT2D eigenvalue weighted by Gasteiger charge is 2.38. The first-order chi connectivity index (χ1) is 9.99. The van der Waals surface area contributed by atoms with Crippen LogP contribution >= 0.6 is 0 Å². The molecule has 2 unspecified atom stereocenters. The number of urea groups is 1. The molecule has 7 heteroatoms. The van der Waals surface area contributed by atoms with Crippen LogP contribution in [0.15, 0.2) is 6.33 Å². The molecule has 0 spiro atoms. The van der Waals surface area contributed by atoms with E-state index in [9.17, 15) is 14.7 Å². The second kappa shape index (κ2) is 6.15. The lowest BCUT2D eigenvalue weighted by molar-refractivity contribution is -0.143. The van der Waals surface area contributed by atoms with Gasteiger partial charge in [0.1, 0.15) is 6.04 Å². The Labute approximate surface area is 124 Å². The van der Waals surface area contributed by atoms with Gasteiger partial charge in [0, 0.05) is 19.0 Å². The Morgan fingerprint density at radius 1 is 1.57 bits per heavy atom. The van der Waals surface area contributed by atoms with Crippen molar-refractivity contribution in [2.24, 2.45) is 0 Å². The molecule has 7 nitrogen and oxygen atoms in total. The van der Waals surface area contributed by atoms with Crippen molar-refractivity contribution in [3.63, 3.8) is 0 Å². The number of hydrogen-bond donors (Lipinski definition) is 2. The summed E-state index contributed by atoms with van der Waals surface area (Å²) in [5.41, 5.74) is 1.55. The molecule has 0 radical (unpaired) electrons. The number of carboxylic acids is 1. The average molecular weight is 294 g/mol. The first-order valence-corrected chi connectivity index (χ1v) is 7.30. The molecule has 21 heavy (non-hydrogen) atoms. The Balaban J connectivity index is 2.27. The van der Waals surface area contributed by atoms with Gasteiger partial charge in [0.15, 0.2) is 0 Å². The van der Waals surface area contributed by atoms with Crippen LogP contribution in [0.4, 0.5) is 4.79 Å². The molecule has 0 aromatic carbocycles. The fraction of sp³-hybridized carbons (Fsp3) is 0.643. The topological polar surface area (TPSA) is 89.5 Å². The highest BCUT2D eigenvalue weighted by molar-refractivity contribution is 5.83. The van der Waals surface area contributed by atoms with Crippen molar-refractivity contribution in [1.29, 1.82) is 0 Å². The molecule has 2 amide bonds. The van der Waals surface area contributed by atoms with Gasteiger partial charge < -0.3 is 19.9 Å². The zero-order valence-electron chi connectivity index (χ0n) is 12.7. The fourth-order valence-corrected chi connectivity index (χ4v) is 2.68. The van der Waals surface area contributed by atoms with Crippen LogP contribution < -0.4 is 0 Å². The maximum Gasteiger partial charge on any atom is 0.326 e. The summed E-state index contributed by atoms with van der Waals surface area (Å²) in [6.07, 6.45) is 2.63. The number of aromatic amines is 1. The highest BCUT2D eigenvalue weighted by Crippen LogP contribution is 2.23. The molecule has 1 aromatic heterocycles. The minimum Gasteiger partial charge on any atom is -0.480 e. The summed E-state index contributed by atoms with van der Waals surface area (Å²) in [5, 5.41) is 9.42. The molecule has 2 heterocycles. The second-order valence-corrected chi connectivity index (χ2v) is 5.34. The first-order valence-electron chi connectivity index (χ1n) is 7.30. The van der Waals surface area contributed by atoms with E-state index >= 15 is 0 Å². The molecule has 0 saturated carbocycles. The number of nitrogens with one attached hydrogen (secondary N) is 1. The molecule has 1 aromatic rings. The predicted molar refractivity (Wildman–Crippen MR) is 76.8 cm³/mol. The quantitative estimate of drug-likeness (QED) is 0.879. The van der Waals surface area contributed by atoms with Gasteiger partial charge in [-0.25, -0.2) is 14.6 Å². The Kier molecular flexibility index (Phi) is 4.50. The summed E-state index contributed by atoms with van der Waals surface area (Å²) in [4.78, 5) is 34.5. The van der Waals surface area contributed by atoms with E-state index in [1.54, 1.807) is 11.2 Å². The van der Waals surface area contributed by atoms with Crippen molar-refractivity contribution in [3.05, 3.63) is 17.7 Å². The number of rotatable bonds is 4. The van der Waals surface area contributed by atoms with Crippen molar-refractivity contribution >= 4 is 12.0 Å². The number of hydrogen-bond acceptors (Lipinski definition) is 3. The minimum atomic E-state index is -0.989. The molecule has 1 aliphatic rings. The number of carbonyl (C=O) groups excluding carboxylic acids is 1. The summed E-state index contributed by atoms with van der Waals surface area (Å²) >= 11 is 0. The van der Waals surface area contributed by atoms with Crippen LogP contribution in [-0.2, 0) is 17.8 Å². The lowest BCUT2D eigenvalue weighted by Crippen LogP contribution is -2.55. The van der Waals surface area contributed by atoms with Crippen molar-refractivity contribution in [1.82, 2.24) is 19.8 Å². The summed E-state index contributed by atoms with van der Waals surface area (Å²) < 4.78 is 0. The lowest BCUT2D eigenvalue weighted by atomic mass is 10.0. The van der Waals surface area contributed by atoms with Crippen LogP contribution in [0, 0.1) is 0 Å². The number of aromatic nitrogens is 2. The number of H-pyrrole nitrogens is 1. The van der Waals surface area contributed by atoms with Gasteiger partial charge in [-0.2, -0.15) is 0 Å². The molecular weight excluding hydrogens is 272 g/mol. The van der Waals surface area contributed by atoms with E-state index in [1.165, 1.54) is 4.90 Å². The van der Waals surface area contributed by atoms with Crippen LogP contribution in [0.3, 0.4) is 0 Å². The summed E-state index contributed by atoms with van der Waals surface area (Å²) in [6, 6.07) is -0.994. The van der Waals surface area contributed by atoms with Crippen LogP contribution in [0.2, 0.25) is 0 Å². The third-order valence-corrected chi connectivity index (χ3v) is 4.14. The third-order valence-electron chi connectivity index (χ3n) is 4.14. The fourth-order valence-electron chi connectivity index (χ4n) is 2.68. The molecule has 2 atom stereocenters. The van der Waals surface area contributed by atoms with Gasteiger partial charge in [0.25, 0.3) is 0 Å². The van der Waals surface area contributed by atoms with Crippen LogP contribution in [0.25, 0.3) is 0 Å². The molecule has 0 aliphatic carbocycles. The highest BCUT2D eigenvalue weighted by atomic mass is 16.4. The summed E-state index contributed by atoms with van der Waals surface area (Å²) in [6.45, 7) is 6.72. The number of imidazole rings is 1. The summed E-state index contributed by atoms with van der Waals surface area (Å²) in [5.74, 6) is -0.989. The predicted octanol–water partition coefficient (Wildman–Crippen LogP) is 1.46. The molecule has 0 fully saturated rings. The van der Waals surface area contributed by atoms with Gasteiger partial charge in [0.05, 0.1) is 24.3 Å². The molecule has 0 saturated heterocycles. The van der Waals surface area contributed by atoms with E-state index in [2.05, 4.69) is 9.97 Å². The van der Waals surface area contributed by atoms with Crippen molar-refractivity contribution in [2.75, 3.05) is 6.54 Å². The van der Waals surface area contributed by atoms with E-state index in [0.717, 1.165) is 17.8 Å². The molecule has 2 N–H and O–H groups in total. The molecule has 1 aliphatic heterocycles. The van der Waals surface area contributed by atoms with Crippen LogP contribution in [0.5, 0.6) is 0 Å². The van der Waals surface area contributed by atoms with Gasteiger partial charge in [-0.15, -0.1) is 0 Å². The average Bonchev–Trinajstić information content (AvgIpc) is 2.93. The number of carbonyl (C=O) groups is 2. The first kappa shape index (κ1) is 15.3. The van der Waals surface area contributed by atoms with E-state index in [-0.39, 0.29) is 25.0 Å². The number of aliphatic carboxylic acids is 1. The largest absolute Gasteiger partial charge is 0.480 e. The standard InChI is InChI=1S/C14H22N4O3/c1-4-9(3)17(5-2)14(21)18-7-11-10(15-8-16-11)6-12(18)13(19)20/h8-9,12H,4-7H2,1-3H3,(H,15,16)(H,19,20). The minimum absolute atomic E-state index is 0.0834. The van der Waals surface area contributed by atoms with Crippen LogP contribution in [0.1, 0.15) is 38.6 Å². The Morgan fingerprint density at radius 3 is 2.86 bits per heavy atom. The number of amides is 2. The van der Waals surface area contributed by atoms with E-state index in [4.69, 9.17) is 0 Å². The summed E-state index contributed by atoms with van der Waals surface area (Å²) in [7, 11) is 0. The number of nitrogens with zero attached hydrogens (tertiary/aromatic N) is 3. The van der Waals surface area contributed by atoms with Gasteiger partial charge in [-0.05, 0) is 20.3 Å². The molecule has 2 rings (SSSR count). The van der Waals surface area contributed by atoms with E-state index in [1.807, 2.05) is 20.8 Å². The van der Waals surface area contributed by atoms with Crippen molar-refractivity contribution < 1.29 is 14.7 Å². The SMILES string of the molecule is CCC(C)N(CC)C(=O)N1Cc2[nH]cnc2CC1C(=O)O. The third kappa shape index (κ3) is 2.86. The monoisotopic (exact) mass is 294 g/mol. The number of carboxylic acid groups (broad SMARTS) is 1. The smallest absolute Gasteiger partial charge is 0.326 e. The van der Waals surface area contributed by atoms with Gasteiger partial charge >= 0.3 is 12.0 Å². The maximum absolute atomic E-state index is 12.7. The van der Waals surface area contributed by atoms with E-state index in [0.29, 0.717) is 6.54 Å². The van der Waals surface area contributed by atoms with Gasteiger partial charge in [0.2, 0.25) is 0 Å². The lowest BCUT2D eigenvalue weighted by Gasteiger charge is -2.38. The Hall–Kier alpha value is -2.05.